The molecule has 4 nitrogen and oxygen atoms in total. The molecular weight excluding hydrogens is 293 g/mol. The molecule has 0 saturated heterocycles. The summed E-state index contributed by atoms with van der Waals surface area (Å²) in [5.41, 5.74) is -0.115. The van der Waals surface area contributed by atoms with Crippen molar-refractivity contribution < 1.29 is 13.2 Å². The van der Waals surface area contributed by atoms with Crippen LogP contribution in [0.3, 0.4) is 0 Å². The van der Waals surface area contributed by atoms with Crippen LogP contribution < -0.4 is 5.32 Å². The number of nitrogens with zero attached hydrogens (tertiary/aromatic N) is 3. The Kier molecular flexibility index (Phi) is 4.08. The molecule has 2 aromatic rings. The Bertz CT molecular complexity index is 675. The van der Waals surface area contributed by atoms with Crippen molar-refractivity contribution >= 4 is 5.82 Å². The fourth-order valence-corrected chi connectivity index (χ4v) is 1.81. The van der Waals surface area contributed by atoms with Crippen LogP contribution in [0.25, 0.3) is 11.4 Å². The van der Waals surface area contributed by atoms with Crippen molar-refractivity contribution in [1.82, 2.24) is 15.2 Å². The minimum Gasteiger partial charge on any atom is -0.364 e. The minimum atomic E-state index is -4.40. The molecular formula is C15H17F3N4. The predicted octanol–water partition coefficient (Wildman–Crippen LogP) is 4.08. The molecule has 0 radical (unpaired) electrons. The SMILES string of the molecule is Cc1nnc(-c2cccc(C(F)(F)F)c2)nc1NC(C)(C)C. The first-order chi connectivity index (χ1) is 10.1. The topological polar surface area (TPSA) is 50.7 Å². The van der Waals surface area contributed by atoms with Crippen LogP contribution in [0.4, 0.5) is 19.0 Å². The average molecular weight is 310 g/mol. The van der Waals surface area contributed by atoms with E-state index in [0.29, 0.717) is 11.5 Å². The highest BCUT2D eigenvalue weighted by Gasteiger charge is 2.30. The van der Waals surface area contributed by atoms with E-state index in [1.54, 1.807) is 6.92 Å². The van der Waals surface area contributed by atoms with Crippen LogP contribution in [0.1, 0.15) is 32.0 Å². The molecule has 0 amide bonds. The molecule has 1 N–H and O–H groups in total. The second kappa shape index (κ2) is 5.55. The van der Waals surface area contributed by atoms with Crippen molar-refractivity contribution in [3.05, 3.63) is 35.5 Å². The minimum absolute atomic E-state index is 0.156. The van der Waals surface area contributed by atoms with Gasteiger partial charge in [-0.15, -0.1) is 10.2 Å². The number of hydrogen-bond donors (Lipinski definition) is 1. The summed E-state index contributed by atoms with van der Waals surface area (Å²) in [6.07, 6.45) is -4.40. The molecule has 2 rings (SSSR count). The van der Waals surface area contributed by atoms with Gasteiger partial charge in [-0.2, -0.15) is 13.2 Å². The van der Waals surface area contributed by atoms with Crippen LogP contribution in [0.2, 0.25) is 0 Å². The first-order valence-electron chi connectivity index (χ1n) is 6.73. The van der Waals surface area contributed by atoms with Crippen molar-refractivity contribution in [1.29, 1.82) is 0 Å². The van der Waals surface area contributed by atoms with Crippen LogP contribution >= 0.6 is 0 Å². The molecule has 1 heterocycles. The molecule has 0 aliphatic rings. The van der Waals surface area contributed by atoms with E-state index in [9.17, 15) is 13.2 Å². The van der Waals surface area contributed by atoms with Crippen LogP contribution in [0.15, 0.2) is 24.3 Å². The highest BCUT2D eigenvalue weighted by molar-refractivity contribution is 5.58. The number of nitrogens with one attached hydrogen (secondary N) is 1. The molecule has 7 heteroatoms. The second-order valence-electron chi connectivity index (χ2n) is 6.02. The van der Waals surface area contributed by atoms with E-state index in [4.69, 9.17) is 0 Å². The molecule has 0 aliphatic carbocycles. The summed E-state index contributed by atoms with van der Waals surface area (Å²) in [7, 11) is 0. The molecule has 0 atom stereocenters. The van der Waals surface area contributed by atoms with Gasteiger partial charge in [0.25, 0.3) is 0 Å². The zero-order valence-corrected chi connectivity index (χ0v) is 12.8. The first-order valence-corrected chi connectivity index (χ1v) is 6.73. The number of benzene rings is 1. The van der Waals surface area contributed by atoms with E-state index in [1.807, 2.05) is 20.8 Å². The summed E-state index contributed by atoms with van der Waals surface area (Å²) < 4.78 is 38.3. The molecule has 1 aromatic heterocycles. The number of alkyl halides is 3. The third kappa shape index (κ3) is 3.93. The Morgan fingerprint density at radius 3 is 2.32 bits per heavy atom. The van der Waals surface area contributed by atoms with Crippen LogP contribution in [0.5, 0.6) is 0 Å². The van der Waals surface area contributed by atoms with Gasteiger partial charge in [-0.1, -0.05) is 12.1 Å². The third-order valence-corrected chi connectivity index (χ3v) is 2.80. The number of rotatable bonds is 2. The number of hydrogen-bond acceptors (Lipinski definition) is 4. The lowest BCUT2D eigenvalue weighted by Crippen LogP contribution is -2.27. The van der Waals surface area contributed by atoms with E-state index in [1.165, 1.54) is 12.1 Å². The predicted molar refractivity (Wildman–Crippen MR) is 78.4 cm³/mol. The van der Waals surface area contributed by atoms with E-state index >= 15 is 0 Å². The van der Waals surface area contributed by atoms with E-state index in [-0.39, 0.29) is 16.9 Å². The fourth-order valence-electron chi connectivity index (χ4n) is 1.81. The standard InChI is InChI=1S/C15H17F3N4/c1-9-12(20-14(2,3)4)19-13(22-21-9)10-6-5-7-11(8-10)15(16,17)18/h5-8H,1-4H3,(H,19,20,22). The monoisotopic (exact) mass is 310 g/mol. The third-order valence-electron chi connectivity index (χ3n) is 2.80. The Hall–Kier alpha value is -2.18. The summed E-state index contributed by atoms with van der Waals surface area (Å²) >= 11 is 0. The molecule has 0 aliphatic heterocycles. The Morgan fingerprint density at radius 1 is 1.05 bits per heavy atom. The molecule has 0 bridgehead atoms. The van der Waals surface area contributed by atoms with Crippen LogP contribution in [-0.2, 0) is 6.18 Å². The first kappa shape index (κ1) is 16.2. The zero-order valence-electron chi connectivity index (χ0n) is 12.8. The molecule has 1 aromatic carbocycles. The fraction of sp³-hybridized carbons (Fsp3) is 0.400. The Morgan fingerprint density at radius 2 is 1.73 bits per heavy atom. The van der Waals surface area contributed by atoms with Crippen LogP contribution in [-0.4, -0.2) is 20.7 Å². The summed E-state index contributed by atoms with van der Waals surface area (Å²) in [6, 6.07) is 4.90. The smallest absolute Gasteiger partial charge is 0.364 e. The van der Waals surface area contributed by atoms with Crippen molar-refractivity contribution in [2.24, 2.45) is 0 Å². The van der Waals surface area contributed by atoms with Gasteiger partial charge in [0.15, 0.2) is 11.6 Å². The van der Waals surface area contributed by atoms with Gasteiger partial charge in [0.1, 0.15) is 5.69 Å². The number of aryl methyl sites for hydroxylation is 1. The maximum Gasteiger partial charge on any atom is 0.416 e. The van der Waals surface area contributed by atoms with Gasteiger partial charge in [0.2, 0.25) is 0 Å². The Balaban J connectivity index is 2.44. The molecule has 0 unspecified atom stereocenters. The summed E-state index contributed by atoms with van der Waals surface area (Å²) in [5.74, 6) is 0.665. The van der Waals surface area contributed by atoms with Crippen molar-refractivity contribution in [3.63, 3.8) is 0 Å². The number of aromatic nitrogens is 3. The largest absolute Gasteiger partial charge is 0.416 e. The molecule has 0 spiro atoms. The number of anilines is 1. The lowest BCUT2D eigenvalue weighted by Gasteiger charge is -2.22. The number of halogens is 3. The van der Waals surface area contributed by atoms with Crippen molar-refractivity contribution in [2.75, 3.05) is 5.32 Å². The van der Waals surface area contributed by atoms with Gasteiger partial charge >= 0.3 is 6.18 Å². The maximum absolute atomic E-state index is 12.8. The highest BCUT2D eigenvalue weighted by atomic mass is 19.4. The van der Waals surface area contributed by atoms with Gasteiger partial charge in [0, 0.05) is 11.1 Å². The quantitative estimate of drug-likeness (QED) is 0.908. The summed E-state index contributed by atoms with van der Waals surface area (Å²) in [4.78, 5) is 4.30. The summed E-state index contributed by atoms with van der Waals surface area (Å²) in [5, 5.41) is 11.0. The Labute approximate surface area is 126 Å². The van der Waals surface area contributed by atoms with Crippen molar-refractivity contribution in [3.8, 4) is 11.4 Å². The maximum atomic E-state index is 12.8. The second-order valence-corrected chi connectivity index (χ2v) is 6.02. The normalized spacial score (nSPS) is 12.3. The summed E-state index contributed by atoms with van der Waals surface area (Å²) in [6.45, 7) is 7.61. The van der Waals surface area contributed by atoms with E-state index in [2.05, 4.69) is 20.5 Å². The van der Waals surface area contributed by atoms with Gasteiger partial charge < -0.3 is 5.32 Å². The molecule has 118 valence electrons. The van der Waals surface area contributed by atoms with Crippen LogP contribution in [0, 0.1) is 6.92 Å². The van der Waals surface area contributed by atoms with E-state index in [0.717, 1.165) is 12.1 Å². The molecule has 22 heavy (non-hydrogen) atoms. The van der Waals surface area contributed by atoms with Gasteiger partial charge in [-0.05, 0) is 39.8 Å². The zero-order chi connectivity index (χ0) is 16.5. The lowest BCUT2D eigenvalue weighted by atomic mass is 10.1. The lowest BCUT2D eigenvalue weighted by molar-refractivity contribution is -0.137. The highest BCUT2D eigenvalue weighted by Crippen LogP contribution is 2.31. The average Bonchev–Trinajstić information content (AvgIpc) is 2.39. The van der Waals surface area contributed by atoms with E-state index < -0.39 is 11.7 Å². The van der Waals surface area contributed by atoms with Gasteiger partial charge in [-0.3, -0.25) is 0 Å². The van der Waals surface area contributed by atoms with Crippen molar-refractivity contribution in [2.45, 2.75) is 39.4 Å². The van der Waals surface area contributed by atoms with Gasteiger partial charge in [0.05, 0.1) is 5.56 Å². The molecule has 0 fully saturated rings. The van der Waals surface area contributed by atoms with Gasteiger partial charge in [-0.25, -0.2) is 4.98 Å². The molecule has 0 saturated carbocycles.